The molecule has 100 valence electrons. The van der Waals surface area contributed by atoms with Crippen LogP contribution in [0.2, 0.25) is 0 Å². The van der Waals surface area contributed by atoms with Crippen molar-refractivity contribution in [1.82, 2.24) is 9.97 Å². The van der Waals surface area contributed by atoms with E-state index < -0.39 is 11.9 Å². The maximum absolute atomic E-state index is 10.2. The Morgan fingerprint density at radius 2 is 1.21 bits per heavy atom. The number of aromatic carboxylic acids is 2. The standard InChI is InChI=1S/2C6H5NO2.ClH/c2*8-6(9)5-2-1-3-7-4-5;/h2*1-4H,(H,8,9);1H. The molecule has 2 aromatic rings. The summed E-state index contributed by atoms with van der Waals surface area (Å²) in [5, 5.41) is 16.7. The highest BCUT2D eigenvalue weighted by Gasteiger charge is 1.98. The minimum atomic E-state index is -0.942. The molecule has 0 aliphatic heterocycles. The maximum Gasteiger partial charge on any atom is 0.337 e. The van der Waals surface area contributed by atoms with E-state index in [0.29, 0.717) is 0 Å². The molecule has 0 radical (unpaired) electrons. The lowest BCUT2D eigenvalue weighted by Crippen LogP contribution is -1.94. The van der Waals surface area contributed by atoms with Crippen LogP contribution in [-0.4, -0.2) is 32.1 Å². The van der Waals surface area contributed by atoms with Gasteiger partial charge in [0.05, 0.1) is 11.1 Å². The van der Waals surface area contributed by atoms with Gasteiger partial charge in [0.1, 0.15) is 0 Å². The van der Waals surface area contributed by atoms with Crippen molar-refractivity contribution in [2.24, 2.45) is 0 Å². The zero-order valence-electron chi connectivity index (χ0n) is 9.63. The second kappa shape index (κ2) is 8.60. The van der Waals surface area contributed by atoms with Gasteiger partial charge in [-0.25, -0.2) is 9.59 Å². The first-order valence-corrected chi connectivity index (χ1v) is 4.88. The van der Waals surface area contributed by atoms with E-state index in [1.54, 1.807) is 12.1 Å². The molecule has 0 unspecified atom stereocenters. The fourth-order valence-corrected chi connectivity index (χ4v) is 0.979. The topological polar surface area (TPSA) is 100 Å². The van der Waals surface area contributed by atoms with E-state index in [-0.39, 0.29) is 23.5 Å². The third-order valence-corrected chi connectivity index (χ3v) is 1.82. The third-order valence-electron chi connectivity index (χ3n) is 1.82. The molecule has 0 amide bonds. The molecule has 0 saturated heterocycles. The van der Waals surface area contributed by atoms with E-state index in [4.69, 9.17) is 10.2 Å². The zero-order chi connectivity index (χ0) is 13.4. The molecule has 2 heterocycles. The summed E-state index contributed by atoms with van der Waals surface area (Å²) in [4.78, 5) is 27.6. The molecule has 19 heavy (non-hydrogen) atoms. The van der Waals surface area contributed by atoms with Crippen LogP contribution < -0.4 is 0 Å². The summed E-state index contributed by atoms with van der Waals surface area (Å²) in [6.45, 7) is 0. The SMILES string of the molecule is Cl.O=C(O)c1cccnc1.O=C(O)c1cccnc1. The molecule has 2 N–H and O–H groups in total. The van der Waals surface area contributed by atoms with Gasteiger partial charge in [-0.2, -0.15) is 0 Å². The molecule has 0 aliphatic carbocycles. The summed E-state index contributed by atoms with van der Waals surface area (Å²) in [7, 11) is 0. The highest BCUT2D eigenvalue weighted by molar-refractivity contribution is 5.87. The lowest BCUT2D eigenvalue weighted by Gasteiger charge is -1.87. The lowest BCUT2D eigenvalue weighted by atomic mass is 10.3. The molecule has 0 aromatic carbocycles. The van der Waals surface area contributed by atoms with Crippen LogP contribution in [0.1, 0.15) is 20.7 Å². The lowest BCUT2D eigenvalue weighted by molar-refractivity contribution is 0.0685. The van der Waals surface area contributed by atoms with Crippen LogP contribution in [-0.2, 0) is 0 Å². The van der Waals surface area contributed by atoms with Crippen molar-refractivity contribution in [3.63, 3.8) is 0 Å². The van der Waals surface area contributed by atoms with Crippen LogP contribution in [0.4, 0.5) is 0 Å². The molecule has 0 atom stereocenters. The molecule has 6 nitrogen and oxygen atoms in total. The average molecular weight is 283 g/mol. The molecule has 0 fully saturated rings. The van der Waals surface area contributed by atoms with Gasteiger partial charge < -0.3 is 10.2 Å². The summed E-state index contributed by atoms with van der Waals surface area (Å²) in [5.41, 5.74) is 0.440. The highest BCUT2D eigenvalue weighted by Crippen LogP contribution is 1.93. The molecule has 7 heteroatoms. The van der Waals surface area contributed by atoms with Gasteiger partial charge in [0.2, 0.25) is 0 Å². The Hall–Kier alpha value is -2.47. The van der Waals surface area contributed by atoms with E-state index in [1.165, 1.54) is 36.9 Å². The minimum absolute atomic E-state index is 0. The monoisotopic (exact) mass is 282 g/mol. The number of aromatic nitrogens is 2. The summed E-state index contributed by atoms with van der Waals surface area (Å²) in [6.07, 6.45) is 5.68. The molecule has 0 saturated carbocycles. The zero-order valence-corrected chi connectivity index (χ0v) is 10.4. The van der Waals surface area contributed by atoms with Gasteiger partial charge in [-0.1, -0.05) is 0 Å². The number of carbonyl (C=O) groups is 2. The molecule has 0 bridgehead atoms. The van der Waals surface area contributed by atoms with Crippen LogP contribution in [0.25, 0.3) is 0 Å². The van der Waals surface area contributed by atoms with Gasteiger partial charge in [-0.15, -0.1) is 12.4 Å². The first-order valence-electron chi connectivity index (χ1n) is 4.88. The average Bonchev–Trinajstić information content (AvgIpc) is 2.41. The predicted molar refractivity (Wildman–Crippen MR) is 69.6 cm³/mol. The first-order chi connectivity index (χ1) is 8.61. The van der Waals surface area contributed by atoms with Crippen LogP contribution >= 0.6 is 12.4 Å². The summed E-state index contributed by atoms with van der Waals surface area (Å²) < 4.78 is 0. The fourth-order valence-electron chi connectivity index (χ4n) is 0.979. The minimum Gasteiger partial charge on any atom is -0.478 e. The highest BCUT2D eigenvalue weighted by atomic mass is 35.5. The van der Waals surface area contributed by atoms with Crippen molar-refractivity contribution in [3.8, 4) is 0 Å². The summed E-state index contributed by atoms with van der Waals surface area (Å²) in [6, 6.07) is 6.16. The Labute approximate surface area is 115 Å². The number of hydrogen-bond donors (Lipinski definition) is 2. The normalized spacial score (nSPS) is 8.42. The third kappa shape index (κ3) is 6.13. The van der Waals surface area contributed by atoms with E-state index in [9.17, 15) is 9.59 Å². The van der Waals surface area contributed by atoms with Crippen LogP contribution in [0, 0.1) is 0 Å². The van der Waals surface area contributed by atoms with Gasteiger partial charge in [0.15, 0.2) is 0 Å². The van der Waals surface area contributed by atoms with Gasteiger partial charge in [-0.05, 0) is 24.3 Å². The molecule has 2 aromatic heterocycles. The number of pyridine rings is 2. The number of halogens is 1. The molecular weight excluding hydrogens is 272 g/mol. The molecular formula is C12H11ClN2O4. The maximum atomic E-state index is 10.2. The van der Waals surface area contributed by atoms with Crippen molar-refractivity contribution in [1.29, 1.82) is 0 Å². The van der Waals surface area contributed by atoms with Gasteiger partial charge in [-0.3, -0.25) is 9.97 Å². The Morgan fingerprint density at radius 1 is 0.842 bits per heavy atom. The molecule has 0 spiro atoms. The molecule has 2 rings (SSSR count). The Bertz CT molecular complexity index is 470. The summed E-state index contributed by atoms with van der Waals surface area (Å²) in [5.74, 6) is -1.88. The van der Waals surface area contributed by atoms with Crippen molar-refractivity contribution in [3.05, 3.63) is 60.2 Å². The number of carboxylic acid groups (broad SMARTS) is 2. The fraction of sp³-hybridized carbons (Fsp3) is 0. The number of hydrogen-bond acceptors (Lipinski definition) is 4. The number of rotatable bonds is 2. The number of nitrogens with zero attached hydrogens (tertiary/aromatic N) is 2. The second-order valence-electron chi connectivity index (χ2n) is 3.09. The van der Waals surface area contributed by atoms with Crippen molar-refractivity contribution in [2.75, 3.05) is 0 Å². The van der Waals surface area contributed by atoms with E-state index >= 15 is 0 Å². The van der Waals surface area contributed by atoms with Crippen LogP contribution in [0.15, 0.2) is 49.1 Å². The van der Waals surface area contributed by atoms with Crippen LogP contribution in [0.5, 0.6) is 0 Å². The first kappa shape index (κ1) is 16.5. The Morgan fingerprint density at radius 3 is 1.37 bits per heavy atom. The Balaban J connectivity index is 0.000000324. The molecule has 0 aliphatic rings. The Kier molecular flexibility index (Phi) is 7.48. The van der Waals surface area contributed by atoms with Crippen LogP contribution in [0.3, 0.4) is 0 Å². The summed E-state index contributed by atoms with van der Waals surface area (Å²) >= 11 is 0. The van der Waals surface area contributed by atoms with Crippen molar-refractivity contribution in [2.45, 2.75) is 0 Å². The van der Waals surface area contributed by atoms with E-state index in [1.807, 2.05) is 0 Å². The van der Waals surface area contributed by atoms with E-state index in [0.717, 1.165) is 0 Å². The second-order valence-corrected chi connectivity index (χ2v) is 3.09. The quantitative estimate of drug-likeness (QED) is 0.873. The van der Waals surface area contributed by atoms with Gasteiger partial charge in [0.25, 0.3) is 0 Å². The van der Waals surface area contributed by atoms with Gasteiger partial charge in [0, 0.05) is 24.8 Å². The van der Waals surface area contributed by atoms with E-state index in [2.05, 4.69) is 9.97 Å². The number of carboxylic acids is 2. The van der Waals surface area contributed by atoms with Crippen molar-refractivity contribution >= 4 is 24.3 Å². The largest absolute Gasteiger partial charge is 0.478 e. The predicted octanol–water partition coefficient (Wildman–Crippen LogP) is 1.98. The van der Waals surface area contributed by atoms with Crippen molar-refractivity contribution < 1.29 is 19.8 Å². The smallest absolute Gasteiger partial charge is 0.337 e. The van der Waals surface area contributed by atoms with Gasteiger partial charge >= 0.3 is 11.9 Å².